The summed E-state index contributed by atoms with van der Waals surface area (Å²) in [6, 6.07) is -0.825. The van der Waals surface area contributed by atoms with Crippen LogP contribution in [0.2, 0.25) is 0 Å². The number of β-lactam (4-membered cyclic amide) rings is 1. The summed E-state index contributed by atoms with van der Waals surface area (Å²) in [4.78, 5) is 40.4. The van der Waals surface area contributed by atoms with Crippen molar-refractivity contribution < 1.29 is 24.0 Å². The first kappa shape index (κ1) is 16.4. The highest BCUT2D eigenvalue weighted by Crippen LogP contribution is 2.30. The average Bonchev–Trinajstić information content (AvgIpc) is 2.66. The number of carbonyl (C=O) groups is 3. The van der Waals surface area contributed by atoms with Gasteiger partial charge in [-0.25, -0.2) is 4.84 Å². The lowest BCUT2D eigenvalue weighted by molar-refractivity contribution is -0.169. The van der Waals surface area contributed by atoms with Gasteiger partial charge >= 0.3 is 5.97 Å². The molecule has 5 N–H and O–H groups in total. The number of primary amides is 1. The second-order valence-electron chi connectivity index (χ2n) is 4.64. The van der Waals surface area contributed by atoms with Crippen LogP contribution in [0.5, 0.6) is 0 Å². The second-order valence-corrected chi connectivity index (χ2v) is 6.20. The van der Waals surface area contributed by atoms with Gasteiger partial charge in [0.1, 0.15) is 5.50 Å². The van der Waals surface area contributed by atoms with E-state index in [0.29, 0.717) is 5.70 Å². The van der Waals surface area contributed by atoms with Gasteiger partial charge in [0.2, 0.25) is 12.1 Å². The van der Waals surface area contributed by atoms with E-state index in [0.717, 1.165) is 0 Å². The molecule has 0 aromatic carbocycles. The molecular weight excluding hydrogens is 314 g/mol. The van der Waals surface area contributed by atoms with E-state index in [-0.39, 0.29) is 12.3 Å². The molecule has 0 saturated carbocycles. The number of ether oxygens (including phenoxy) is 1. The standard InChI is InChI=1S/C11H17N5O5S/c1-5(17)21-10-8(9(19)14-10)16-6(3-7(12)18)4-22(11(16)13)15-20-2/h4,8,10-11H,3,13H2,1-2H3,(H2,12,18)(H,14,19). The number of carbonyl (C=O) groups excluding carboxylic acids is 3. The third-order valence-corrected chi connectivity index (χ3v) is 4.62. The van der Waals surface area contributed by atoms with E-state index >= 15 is 0 Å². The predicted octanol–water partition coefficient (Wildman–Crippen LogP) is -1.99. The van der Waals surface area contributed by atoms with Gasteiger partial charge in [-0.2, -0.15) is 0 Å². The molecule has 0 aliphatic carbocycles. The fourth-order valence-corrected chi connectivity index (χ4v) is 3.67. The maximum atomic E-state index is 11.8. The minimum absolute atomic E-state index is 0.104. The van der Waals surface area contributed by atoms with Crippen molar-refractivity contribution in [1.29, 1.82) is 0 Å². The van der Waals surface area contributed by atoms with Crippen LogP contribution >= 0.6 is 0 Å². The topological polar surface area (TPSA) is 149 Å². The summed E-state index contributed by atoms with van der Waals surface area (Å²) in [6.07, 6.45) is -0.939. The predicted molar refractivity (Wildman–Crippen MR) is 76.0 cm³/mol. The zero-order chi connectivity index (χ0) is 16.4. The Kier molecular flexibility index (Phi) is 4.78. The van der Waals surface area contributed by atoms with Crippen molar-refractivity contribution in [2.45, 2.75) is 31.1 Å². The van der Waals surface area contributed by atoms with Crippen molar-refractivity contribution >= 4 is 28.5 Å². The molecule has 0 bridgehead atoms. The van der Waals surface area contributed by atoms with Crippen molar-refractivity contribution in [2.24, 2.45) is 16.0 Å². The van der Waals surface area contributed by atoms with E-state index < -0.39 is 40.3 Å². The molecule has 2 rings (SSSR count). The van der Waals surface area contributed by atoms with Crippen LogP contribution in [0.25, 0.3) is 0 Å². The second kappa shape index (κ2) is 6.42. The summed E-state index contributed by atoms with van der Waals surface area (Å²) in [7, 11) is 0.513. The molecule has 1 saturated heterocycles. The van der Waals surface area contributed by atoms with Crippen molar-refractivity contribution in [1.82, 2.24) is 10.2 Å². The van der Waals surface area contributed by atoms with E-state index in [1.165, 1.54) is 18.9 Å². The van der Waals surface area contributed by atoms with E-state index in [1.807, 2.05) is 0 Å². The lowest BCUT2D eigenvalue weighted by Gasteiger charge is -2.44. The van der Waals surface area contributed by atoms with Crippen molar-refractivity contribution in [3.05, 3.63) is 11.1 Å². The number of amides is 2. The van der Waals surface area contributed by atoms with Gasteiger partial charge in [-0.3, -0.25) is 14.4 Å². The molecule has 4 atom stereocenters. The summed E-state index contributed by atoms with van der Waals surface area (Å²) >= 11 is 0. The molecule has 22 heavy (non-hydrogen) atoms. The Balaban J connectivity index is 2.28. The molecule has 0 radical (unpaired) electrons. The summed E-state index contributed by atoms with van der Waals surface area (Å²) in [5.41, 5.74) is 11.1. The summed E-state index contributed by atoms with van der Waals surface area (Å²) in [5.74, 6) is -1.47. The number of esters is 1. The lowest BCUT2D eigenvalue weighted by Crippen LogP contribution is -2.71. The Labute approximate surface area is 128 Å². The van der Waals surface area contributed by atoms with E-state index in [9.17, 15) is 14.4 Å². The van der Waals surface area contributed by atoms with Crippen molar-refractivity contribution in [3.63, 3.8) is 0 Å². The molecule has 0 aromatic heterocycles. The highest BCUT2D eigenvalue weighted by Gasteiger charge is 2.50. The molecule has 122 valence electrons. The van der Waals surface area contributed by atoms with Crippen molar-refractivity contribution in [2.75, 3.05) is 7.11 Å². The van der Waals surface area contributed by atoms with E-state index in [4.69, 9.17) is 21.0 Å². The maximum absolute atomic E-state index is 11.8. The third-order valence-electron chi connectivity index (χ3n) is 3.06. The average molecular weight is 331 g/mol. The minimum Gasteiger partial charge on any atom is -0.439 e. The molecular formula is C11H17N5O5S. The summed E-state index contributed by atoms with van der Waals surface area (Å²) in [6.45, 7) is 1.23. The Morgan fingerprint density at radius 2 is 2.23 bits per heavy atom. The number of nitrogens with two attached hydrogens (primary N) is 2. The van der Waals surface area contributed by atoms with Gasteiger partial charge in [0, 0.05) is 18.0 Å². The number of nitrogens with one attached hydrogen (secondary N) is 1. The van der Waals surface area contributed by atoms with E-state index in [2.05, 4.69) is 9.84 Å². The number of rotatable bonds is 5. The highest BCUT2D eigenvalue weighted by atomic mass is 32.2. The van der Waals surface area contributed by atoms with Crippen LogP contribution in [0.15, 0.2) is 15.6 Å². The van der Waals surface area contributed by atoms with Crippen LogP contribution in [0.3, 0.4) is 0 Å². The summed E-state index contributed by atoms with van der Waals surface area (Å²) < 4.78 is 8.87. The zero-order valence-electron chi connectivity index (χ0n) is 12.0. The van der Waals surface area contributed by atoms with Gasteiger partial charge in [0.05, 0.1) is 13.5 Å². The SMILES string of the molecule is CON=S1C=C(CC(N)=O)N(C2C(=O)NC2OC(C)=O)C1N. The van der Waals surface area contributed by atoms with Gasteiger partial charge in [-0.1, -0.05) is 0 Å². The third kappa shape index (κ3) is 3.10. The molecule has 2 aliphatic heterocycles. The Morgan fingerprint density at radius 3 is 2.73 bits per heavy atom. The van der Waals surface area contributed by atoms with Crippen molar-refractivity contribution in [3.8, 4) is 0 Å². The fraction of sp³-hybridized carbons (Fsp3) is 0.545. The molecule has 2 aliphatic rings. The van der Waals surface area contributed by atoms with E-state index in [1.54, 1.807) is 5.41 Å². The molecule has 2 amide bonds. The fourth-order valence-electron chi connectivity index (χ4n) is 2.24. The van der Waals surface area contributed by atoms with Crippen LogP contribution in [0.1, 0.15) is 13.3 Å². The van der Waals surface area contributed by atoms with Gasteiger partial charge in [-0.15, -0.1) is 4.53 Å². The molecule has 4 unspecified atom stereocenters. The van der Waals surface area contributed by atoms with Crippen LogP contribution in [-0.4, -0.2) is 47.6 Å². The minimum atomic E-state index is -0.863. The maximum Gasteiger partial charge on any atom is 0.304 e. The molecule has 0 aromatic rings. The van der Waals surface area contributed by atoms with Gasteiger partial charge in [-0.05, 0) is 10.7 Å². The van der Waals surface area contributed by atoms with Crippen LogP contribution in [-0.2, 0) is 34.6 Å². The van der Waals surface area contributed by atoms with Crippen LogP contribution in [0.4, 0.5) is 0 Å². The molecule has 2 heterocycles. The monoisotopic (exact) mass is 331 g/mol. The quantitative estimate of drug-likeness (QED) is 0.300. The zero-order valence-corrected chi connectivity index (χ0v) is 12.8. The number of hydrogen-bond acceptors (Lipinski definition) is 8. The van der Waals surface area contributed by atoms with Gasteiger partial charge < -0.3 is 26.4 Å². The number of nitrogens with zero attached hydrogens (tertiary/aromatic N) is 2. The number of hydrogen-bond donors (Lipinski definition) is 3. The normalized spacial score (nSPS) is 30.6. The largest absolute Gasteiger partial charge is 0.439 e. The Bertz CT molecular complexity index is 577. The van der Waals surface area contributed by atoms with Crippen LogP contribution < -0.4 is 16.8 Å². The Hall–Kier alpha value is -1.98. The smallest absolute Gasteiger partial charge is 0.304 e. The first-order chi connectivity index (χ1) is 10.3. The first-order valence-electron chi connectivity index (χ1n) is 6.32. The van der Waals surface area contributed by atoms with Gasteiger partial charge in [0.25, 0.3) is 5.91 Å². The summed E-state index contributed by atoms with van der Waals surface area (Å²) in [5, 5.41) is 4.10. The molecule has 11 heteroatoms. The van der Waals surface area contributed by atoms with Crippen LogP contribution in [0, 0.1) is 0 Å². The van der Waals surface area contributed by atoms with Gasteiger partial charge in [0.15, 0.2) is 6.04 Å². The molecule has 10 nitrogen and oxygen atoms in total. The highest BCUT2D eigenvalue weighted by molar-refractivity contribution is 7.90. The lowest BCUT2D eigenvalue weighted by atomic mass is 10.1. The first-order valence-corrected chi connectivity index (χ1v) is 7.62. The molecule has 1 fully saturated rings. The Morgan fingerprint density at radius 1 is 1.55 bits per heavy atom. The molecule has 0 spiro atoms.